The van der Waals surface area contributed by atoms with Gasteiger partial charge in [0.25, 0.3) is 0 Å². The summed E-state index contributed by atoms with van der Waals surface area (Å²) in [6, 6.07) is 4.06. The summed E-state index contributed by atoms with van der Waals surface area (Å²) in [5.74, 6) is 0.438. The average Bonchev–Trinajstić information content (AvgIpc) is 2.73. The summed E-state index contributed by atoms with van der Waals surface area (Å²) in [6.45, 7) is 1.95. The highest BCUT2D eigenvalue weighted by Crippen LogP contribution is 2.26. The summed E-state index contributed by atoms with van der Waals surface area (Å²) in [7, 11) is 0. The highest BCUT2D eigenvalue weighted by molar-refractivity contribution is 6.42. The van der Waals surface area contributed by atoms with Crippen molar-refractivity contribution in [2.24, 2.45) is 5.92 Å². The molecule has 9 heteroatoms. The first-order chi connectivity index (χ1) is 13.9. The third kappa shape index (κ3) is 5.35. The predicted octanol–water partition coefficient (Wildman–Crippen LogP) is 3.73. The van der Waals surface area contributed by atoms with Gasteiger partial charge in [0.2, 0.25) is 0 Å². The maximum Gasteiger partial charge on any atom is 0.318 e. The van der Waals surface area contributed by atoms with Crippen LogP contribution in [0.1, 0.15) is 35.6 Å². The second-order valence-electron chi connectivity index (χ2n) is 7.25. The second-order valence-corrected chi connectivity index (χ2v) is 8.07. The number of aliphatic hydroxyl groups excluding tert-OH is 1. The standard InChI is InChI=1S/C20H23Cl2FN4O2/c1-12(8-23)6-19-24-9-14-4-5-27(10-17(14)25-19)20(29)26-18(11-28)13-2-3-15(21)16(22)7-13/h2-3,7,9,12,18,28H,4-6,8,10-11H2,1H3,(H,26,29)/t12?,18-/m1/s1. The predicted molar refractivity (Wildman–Crippen MR) is 110 cm³/mol. The Kier molecular flexibility index (Phi) is 7.27. The Bertz CT molecular complexity index is 884. The smallest absolute Gasteiger partial charge is 0.318 e. The Morgan fingerprint density at radius 3 is 2.86 bits per heavy atom. The van der Waals surface area contributed by atoms with E-state index in [4.69, 9.17) is 23.2 Å². The van der Waals surface area contributed by atoms with E-state index in [0.29, 0.717) is 47.4 Å². The lowest BCUT2D eigenvalue weighted by Crippen LogP contribution is -2.45. The lowest BCUT2D eigenvalue weighted by molar-refractivity contribution is 0.176. The molecule has 0 bridgehead atoms. The van der Waals surface area contributed by atoms with Gasteiger partial charge in [-0.05, 0) is 35.6 Å². The lowest BCUT2D eigenvalue weighted by atomic mass is 10.1. The maximum atomic E-state index is 12.8. The number of alkyl halides is 1. The molecule has 156 valence electrons. The first kappa shape index (κ1) is 21.7. The Hall–Kier alpha value is -1.96. The fraction of sp³-hybridized carbons (Fsp3) is 0.450. The third-order valence-corrected chi connectivity index (χ3v) is 5.64. The van der Waals surface area contributed by atoms with Gasteiger partial charge in [-0.2, -0.15) is 0 Å². The van der Waals surface area contributed by atoms with Crippen LogP contribution in [-0.4, -0.2) is 45.8 Å². The highest BCUT2D eigenvalue weighted by atomic mass is 35.5. The number of fused-ring (bicyclic) bond motifs is 1. The van der Waals surface area contributed by atoms with Crippen molar-refractivity contribution in [1.82, 2.24) is 20.2 Å². The number of halogens is 3. The number of nitrogens with one attached hydrogen (secondary N) is 1. The zero-order chi connectivity index (χ0) is 21.0. The van der Waals surface area contributed by atoms with Crippen molar-refractivity contribution in [2.45, 2.75) is 32.4 Å². The van der Waals surface area contributed by atoms with Crippen LogP contribution in [0.15, 0.2) is 24.4 Å². The van der Waals surface area contributed by atoms with Gasteiger partial charge in [-0.3, -0.25) is 4.39 Å². The number of carbonyl (C=O) groups excluding carboxylic acids is 1. The molecule has 0 radical (unpaired) electrons. The minimum atomic E-state index is -0.606. The summed E-state index contributed by atoms with van der Waals surface area (Å²) >= 11 is 12.0. The van der Waals surface area contributed by atoms with Crippen LogP contribution in [0, 0.1) is 5.92 Å². The minimum Gasteiger partial charge on any atom is -0.394 e. The fourth-order valence-electron chi connectivity index (χ4n) is 3.19. The summed E-state index contributed by atoms with van der Waals surface area (Å²) in [6.07, 6.45) is 2.86. The number of amides is 2. The molecular formula is C20H23Cl2FN4O2. The van der Waals surface area contributed by atoms with Gasteiger partial charge in [0.05, 0.1) is 41.6 Å². The molecule has 2 aromatic rings. The van der Waals surface area contributed by atoms with Gasteiger partial charge < -0.3 is 15.3 Å². The molecule has 29 heavy (non-hydrogen) atoms. The molecule has 0 spiro atoms. The number of aromatic nitrogens is 2. The van der Waals surface area contributed by atoms with Gasteiger partial charge in [-0.1, -0.05) is 36.2 Å². The van der Waals surface area contributed by atoms with Crippen molar-refractivity contribution >= 4 is 29.2 Å². The maximum absolute atomic E-state index is 12.8. The Morgan fingerprint density at radius 2 is 2.17 bits per heavy atom. The molecule has 2 N–H and O–H groups in total. The van der Waals surface area contributed by atoms with E-state index in [9.17, 15) is 14.3 Å². The molecule has 2 amide bonds. The van der Waals surface area contributed by atoms with E-state index in [1.54, 1.807) is 36.2 Å². The zero-order valence-corrected chi connectivity index (χ0v) is 17.5. The SMILES string of the molecule is CC(CF)Cc1ncc2c(n1)CN(C(=O)N[C@H](CO)c1ccc(Cl)c(Cl)c1)CC2. The Labute approximate surface area is 179 Å². The summed E-state index contributed by atoms with van der Waals surface area (Å²) in [5.41, 5.74) is 2.43. The van der Waals surface area contributed by atoms with Gasteiger partial charge in [0.1, 0.15) is 5.82 Å². The molecule has 3 rings (SSSR count). The van der Waals surface area contributed by atoms with Crippen molar-refractivity contribution < 1.29 is 14.3 Å². The summed E-state index contributed by atoms with van der Waals surface area (Å²) < 4.78 is 12.8. The number of rotatable bonds is 6. The van der Waals surface area contributed by atoms with E-state index in [-0.39, 0.29) is 18.6 Å². The molecule has 2 heterocycles. The van der Waals surface area contributed by atoms with Crippen LogP contribution in [0.2, 0.25) is 10.0 Å². The molecule has 0 saturated carbocycles. The van der Waals surface area contributed by atoms with E-state index in [0.717, 1.165) is 11.3 Å². The van der Waals surface area contributed by atoms with Crippen LogP contribution in [0.3, 0.4) is 0 Å². The summed E-state index contributed by atoms with van der Waals surface area (Å²) in [5, 5.41) is 13.3. The van der Waals surface area contributed by atoms with Crippen molar-refractivity contribution in [1.29, 1.82) is 0 Å². The molecule has 1 aromatic carbocycles. The van der Waals surface area contributed by atoms with Gasteiger partial charge >= 0.3 is 6.03 Å². The number of carbonyl (C=O) groups is 1. The molecule has 1 unspecified atom stereocenters. The Morgan fingerprint density at radius 1 is 1.38 bits per heavy atom. The van der Waals surface area contributed by atoms with E-state index >= 15 is 0 Å². The lowest BCUT2D eigenvalue weighted by Gasteiger charge is -2.30. The largest absolute Gasteiger partial charge is 0.394 e. The van der Waals surface area contributed by atoms with Crippen LogP contribution in [0.25, 0.3) is 0 Å². The van der Waals surface area contributed by atoms with E-state index in [1.165, 1.54) is 0 Å². The zero-order valence-electron chi connectivity index (χ0n) is 16.0. The normalized spacial score (nSPS) is 15.6. The van der Waals surface area contributed by atoms with Crippen molar-refractivity contribution in [3.63, 3.8) is 0 Å². The van der Waals surface area contributed by atoms with Gasteiger partial charge in [-0.25, -0.2) is 14.8 Å². The number of benzene rings is 1. The average molecular weight is 441 g/mol. The molecule has 1 aliphatic rings. The van der Waals surface area contributed by atoms with E-state index in [2.05, 4.69) is 15.3 Å². The topological polar surface area (TPSA) is 78.4 Å². The monoisotopic (exact) mass is 440 g/mol. The molecule has 0 aliphatic carbocycles. The third-order valence-electron chi connectivity index (χ3n) is 4.90. The van der Waals surface area contributed by atoms with Crippen LogP contribution in [-0.2, 0) is 19.4 Å². The molecule has 6 nitrogen and oxygen atoms in total. The van der Waals surface area contributed by atoms with E-state index < -0.39 is 12.7 Å². The van der Waals surface area contributed by atoms with Crippen LogP contribution < -0.4 is 5.32 Å². The number of nitrogens with zero attached hydrogens (tertiary/aromatic N) is 3. The molecule has 1 aliphatic heterocycles. The van der Waals surface area contributed by atoms with E-state index in [1.807, 2.05) is 0 Å². The quantitative estimate of drug-likeness (QED) is 0.716. The van der Waals surface area contributed by atoms with Crippen molar-refractivity contribution in [3.05, 3.63) is 57.1 Å². The highest BCUT2D eigenvalue weighted by Gasteiger charge is 2.25. The van der Waals surface area contributed by atoms with Gasteiger partial charge in [0.15, 0.2) is 0 Å². The molecule has 0 saturated heterocycles. The number of aliphatic hydroxyl groups is 1. The van der Waals surface area contributed by atoms with Crippen LogP contribution in [0.4, 0.5) is 9.18 Å². The minimum absolute atomic E-state index is 0.146. The molecule has 1 aromatic heterocycles. The van der Waals surface area contributed by atoms with Crippen LogP contribution >= 0.6 is 23.2 Å². The number of hydrogen-bond donors (Lipinski definition) is 2. The van der Waals surface area contributed by atoms with Gasteiger partial charge in [0, 0.05) is 19.2 Å². The molecular weight excluding hydrogens is 418 g/mol. The molecule has 2 atom stereocenters. The second kappa shape index (κ2) is 9.69. The van der Waals surface area contributed by atoms with Crippen molar-refractivity contribution in [2.75, 3.05) is 19.8 Å². The number of urea groups is 1. The fourth-order valence-corrected chi connectivity index (χ4v) is 3.49. The van der Waals surface area contributed by atoms with Crippen LogP contribution in [0.5, 0.6) is 0 Å². The van der Waals surface area contributed by atoms with Gasteiger partial charge in [-0.15, -0.1) is 0 Å². The first-order valence-corrected chi connectivity index (χ1v) is 10.2. The first-order valence-electron chi connectivity index (χ1n) is 9.42. The Balaban J connectivity index is 1.69. The van der Waals surface area contributed by atoms with Crippen molar-refractivity contribution in [3.8, 4) is 0 Å². The molecule has 0 fully saturated rings. The summed E-state index contributed by atoms with van der Waals surface area (Å²) in [4.78, 5) is 23.2. The number of hydrogen-bond acceptors (Lipinski definition) is 4.